The van der Waals surface area contributed by atoms with Crippen LogP contribution in [0, 0.1) is 12.7 Å². The van der Waals surface area contributed by atoms with Crippen LogP contribution in [-0.2, 0) is 0 Å². The predicted octanol–water partition coefficient (Wildman–Crippen LogP) is 2.35. The molecule has 1 amide bonds. The third-order valence-electron chi connectivity index (χ3n) is 3.68. The molecule has 1 fully saturated rings. The second kappa shape index (κ2) is 6.15. The molecule has 4 heteroatoms. The van der Waals surface area contributed by atoms with E-state index in [1.165, 1.54) is 6.07 Å². The topological polar surface area (TPSA) is 41.1 Å². The number of hydrogen-bond acceptors (Lipinski definition) is 2. The van der Waals surface area contributed by atoms with E-state index in [1.807, 2.05) is 13.0 Å². The molecule has 0 radical (unpaired) electrons. The van der Waals surface area contributed by atoms with Crippen molar-refractivity contribution in [2.75, 3.05) is 19.6 Å². The number of rotatable bonds is 3. The van der Waals surface area contributed by atoms with Crippen molar-refractivity contribution in [3.8, 4) is 0 Å². The molecule has 1 aliphatic rings. The lowest BCUT2D eigenvalue weighted by Gasteiger charge is -2.24. The van der Waals surface area contributed by atoms with Crippen LogP contribution in [0.25, 0.3) is 0 Å². The van der Waals surface area contributed by atoms with Gasteiger partial charge in [0.1, 0.15) is 5.82 Å². The molecule has 104 valence electrons. The van der Waals surface area contributed by atoms with Gasteiger partial charge in [-0.3, -0.25) is 4.79 Å². The molecule has 1 aliphatic heterocycles. The highest BCUT2D eigenvalue weighted by Gasteiger charge is 2.20. The maximum atomic E-state index is 14.2. The van der Waals surface area contributed by atoms with Crippen molar-refractivity contribution in [1.29, 1.82) is 0 Å². The normalized spacial score (nSPS) is 16.4. The Morgan fingerprint density at radius 3 is 2.68 bits per heavy atom. The minimum atomic E-state index is -0.403. The molecule has 2 N–H and O–H groups in total. The highest BCUT2D eigenvalue weighted by Crippen LogP contribution is 2.28. The summed E-state index contributed by atoms with van der Waals surface area (Å²) in [4.78, 5) is 11.8. The van der Waals surface area contributed by atoms with E-state index in [-0.39, 0.29) is 11.5 Å². The van der Waals surface area contributed by atoms with Crippen LogP contribution in [0.2, 0.25) is 0 Å². The largest absolute Gasteiger partial charge is 0.352 e. The van der Waals surface area contributed by atoms with Gasteiger partial charge in [0.25, 0.3) is 5.91 Å². The molecule has 1 saturated heterocycles. The summed E-state index contributed by atoms with van der Waals surface area (Å²) in [5, 5.41) is 5.96. The zero-order chi connectivity index (χ0) is 13.8. The molecular weight excluding hydrogens is 243 g/mol. The number of piperidine rings is 1. The predicted molar refractivity (Wildman–Crippen MR) is 74.0 cm³/mol. The van der Waals surface area contributed by atoms with Crippen molar-refractivity contribution in [3.05, 3.63) is 34.6 Å². The summed E-state index contributed by atoms with van der Waals surface area (Å²) in [5.74, 6) is -0.327. The fourth-order valence-corrected chi connectivity index (χ4v) is 2.70. The average molecular weight is 264 g/mol. The number of carbonyl (C=O) groups excluding carboxylic acids is 1. The molecule has 0 bridgehead atoms. The SMILES string of the molecule is CCNC(=O)c1c(C)cc(C2CCNCC2)cc1F. The molecule has 3 nitrogen and oxygen atoms in total. The van der Waals surface area contributed by atoms with Crippen LogP contribution < -0.4 is 10.6 Å². The first-order valence-corrected chi connectivity index (χ1v) is 6.92. The summed E-state index contributed by atoms with van der Waals surface area (Å²) in [6.07, 6.45) is 2.05. The summed E-state index contributed by atoms with van der Waals surface area (Å²) < 4.78 is 14.2. The van der Waals surface area contributed by atoms with Crippen molar-refractivity contribution in [2.24, 2.45) is 0 Å². The van der Waals surface area contributed by atoms with Gasteiger partial charge in [-0.2, -0.15) is 0 Å². The van der Waals surface area contributed by atoms with Gasteiger partial charge in [0, 0.05) is 6.54 Å². The van der Waals surface area contributed by atoms with Gasteiger partial charge in [-0.25, -0.2) is 4.39 Å². The molecular formula is C15H21FN2O. The molecule has 1 aromatic carbocycles. The maximum absolute atomic E-state index is 14.2. The second-order valence-electron chi connectivity index (χ2n) is 5.08. The Balaban J connectivity index is 2.27. The highest BCUT2D eigenvalue weighted by atomic mass is 19.1. The van der Waals surface area contributed by atoms with Gasteiger partial charge < -0.3 is 10.6 Å². The average Bonchev–Trinajstić information content (AvgIpc) is 2.39. The van der Waals surface area contributed by atoms with Gasteiger partial charge in [-0.15, -0.1) is 0 Å². The van der Waals surface area contributed by atoms with Crippen LogP contribution >= 0.6 is 0 Å². The molecule has 0 saturated carbocycles. The minimum Gasteiger partial charge on any atom is -0.352 e. The number of amides is 1. The van der Waals surface area contributed by atoms with Crippen molar-refractivity contribution in [1.82, 2.24) is 10.6 Å². The summed E-state index contributed by atoms with van der Waals surface area (Å²) in [5.41, 5.74) is 1.92. The summed E-state index contributed by atoms with van der Waals surface area (Å²) in [6.45, 7) is 6.09. The van der Waals surface area contributed by atoms with E-state index >= 15 is 0 Å². The first-order valence-electron chi connectivity index (χ1n) is 6.92. The van der Waals surface area contributed by atoms with Crippen molar-refractivity contribution in [3.63, 3.8) is 0 Å². The lowest BCUT2D eigenvalue weighted by molar-refractivity contribution is 0.0951. The fraction of sp³-hybridized carbons (Fsp3) is 0.533. The maximum Gasteiger partial charge on any atom is 0.254 e. The van der Waals surface area contributed by atoms with E-state index in [1.54, 1.807) is 6.92 Å². The number of benzene rings is 1. The number of carbonyl (C=O) groups is 1. The summed E-state index contributed by atoms with van der Waals surface area (Å²) in [7, 11) is 0. The summed E-state index contributed by atoms with van der Waals surface area (Å²) >= 11 is 0. The quantitative estimate of drug-likeness (QED) is 0.880. The van der Waals surface area contributed by atoms with Crippen LogP contribution in [-0.4, -0.2) is 25.5 Å². The summed E-state index contributed by atoms with van der Waals surface area (Å²) in [6, 6.07) is 3.50. The first-order chi connectivity index (χ1) is 9.13. The smallest absolute Gasteiger partial charge is 0.254 e. The van der Waals surface area contributed by atoms with E-state index < -0.39 is 5.82 Å². The molecule has 0 atom stereocenters. The van der Waals surface area contributed by atoms with E-state index in [0.29, 0.717) is 12.5 Å². The molecule has 2 rings (SSSR count). The molecule has 1 heterocycles. The first kappa shape index (κ1) is 14.0. The Morgan fingerprint density at radius 1 is 1.42 bits per heavy atom. The van der Waals surface area contributed by atoms with Crippen LogP contribution in [0.15, 0.2) is 12.1 Å². The standard InChI is InChI=1S/C15H21FN2O/c1-3-18-15(19)14-10(2)8-12(9-13(14)16)11-4-6-17-7-5-11/h8-9,11,17H,3-7H2,1-2H3,(H,18,19). The Hall–Kier alpha value is -1.42. The van der Waals surface area contributed by atoms with E-state index in [2.05, 4.69) is 10.6 Å². The van der Waals surface area contributed by atoms with Crippen LogP contribution in [0.3, 0.4) is 0 Å². The van der Waals surface area contributed by atoms with Crippen LogP contribution in [0.4, 0.5) is 4.39 Å². The van der Waals surface area contributed by atoms with Crippen LogP contribution in [0.1, 0.15) is 47.2 Å². The van der Waals surface area contributed by atoms with Gasteiger partial charge in [0.15, 0.2) is 0 Å². The minimum absolute atomic E-state index is 0.180. The third-order valence-corrected chi connectivity index (χ3v) is 3.68. The molecule has 1 aromatic rings. The van der Waals surface area contributed by atoms with E-state index in [0.717, 1.165) is 37.1 Å². The number of aryl methyl sites for hydroxylation is 1. The Bertz CT molecular complexity index is 444. The van der Waals surface area contributed by atoms with Crippen molar-refractivity contribution in [2.45, 2.75) is 32.6 Å². The zero-order valence-electron chi connectivity index (χ0n) is 11.6. The van der Waals surface area contributed by atoms with Gasteiger partial charge >= 0.3 is 0 Å². The monoisotopic (exact) mass is 264 g/mol. The number of halogens is 1. The van der Waals surface area contributed by atoms with Crippen LogP contribution in [0.5, 0.6) is 0 Å². The van der Waals surface area contributed by atoms with E-state index in [4.69, 9.17) is 0 Å². The number of hydrogen-bond donors (Lipinski definition) is 2. The van der Waals surface area contributed by atoms with Crippen molar-refractivity contribution < 1.29 is 9.18 Å². The van der Waals surface area contributed by atoms with Gasteiger partial charge in [-0.05, 0) is 62.9 Å². The van der Waals surface area contributed by atoms with Gasteiger partial charge in [0.2, 0.25) is 0 Å². The molecule has 0 unspecified atom stereocenters. The molecule has 0 aliphatic carbocycles. The third kappa shape index (κ3) is 3.13. The van der Waals surface area contributed by atoms with Gasteiger partial charge in [-0.1, -0.05) is 6.07 Å². The van der Waals surface area contributed by atoms with Crippen molar-refractivity contribution >= 4 is 5.91 Å². The Morgan fingerprint density at radius 2 is 2.11 bits per heavy atom. The molecule has 19 heavy (non-hydrogen) atoms. The second-order valence-corrected chi connectivity index (χ2v) is 5.08. The Labute approximate surface area is 113 Å². The number of nitrogens with one attached hydrogen (secondary N) is 2. The van der Waals surface area contributed by atoms with E-state index in [9.17, 15) is 9.18 Å². The molecule has 0 aromatic heterocycles. The lowest BCUT2D eigenvalue weighted by Crippen LogP contribution is -2.27. The highest BCUT2D eigenvalue weighted by molar-refractivity contribution is 5.95. The lowest BCUT2D eigenvalue weighted by atomic mass is 9.88. The zero-order valence-corrected chi connectivity index (χ0v) is 11.6. The Kier molecular flexibility index (Phi) is 4.53. The molecule has 0 spiro atoms. The van der Waals surface area contributed by atoms with Gasteiger partial charge in [0.05, 0.1) is 5.56 Å². The fourth-order valence-electron chi connectivity index (χ4n) is 2.70.